The van der Waals surface area contributed by atoms with Crippen molar-refractivity contribution < 1.29 is 14.3 Å². The minimum absolute atomic E-state index is 0.0170. The smallest absolute Gasteiger partial charge is 0.311 e. The zero-order valence-corrected chi connectivity index (χ0v) is 13.8. The van der Waals surface area contributed by atoms with Crippen LogP contribution in [0.3, 0.4) is 0 Å². The molecule has 2 aromatic carbocycles. The van der Waals surface area contributed by atoms with Crippen LogP contribution in [0.4, 0.5) is 4.39 Å². The van der Waals surface area contributed by atoms with Gasteiger partial charge < -0.3 is 10.4 Å². The van der Waals surface area contributed by atoms with Crippen LogP contribution in [0.25, 0.3) is 0 Å². The molecular weight excluding hydrogens is 317 g/mol. The lowest BCUT2D eigenvalue weighted by Gasteiger charge is -2.59. The van der Waals surface area contributed by atoms with E-state index >= 15 is 0 Å². The molecule has 2 fully saturated rings. The fourth-order valence-corrected chi connectivity index (χ4v) is 6.10. The van der Waals surface area contributed by atoms with Crippen LogP contribution in [0.1, 0.15) is 35.4 Å². The molecule has 128 valence electrons. The van der Waals surface area contributed by atoms with Crippen LogP contribution in [0.15, 0.2) is 48.5 Å². The summed E-state index contributed by atoms with van der Waals surface area (Å²) in [4.78, 5) is 12.5. The van der Waals surface area contributed by atoms with Crippen molar-refractivity contribution in [1.29, 1.82) is 0 Å². The van der Waals surface area contributed by atoms with Crippen molar-refractivity contribution in [3.05, 3.63) is 71.0 Å². The van der Waals surface area contributed by atoms with E-state index < -0.39 is 11.4 Å². The van der Waals surface area contributed by atoms with E-state index in [1.165, 1.54) is 23.3 Å². The monoisotopic (exact) mass is 337 g/mol. The maximum atomic E-state index is 13.6. The summed E-state index contributed by atoms with van der Waals surface area (Å²) in [5.74, 6) is -0.930. The topological polar surface area (TPSA) is 49.3 Å². The highest BCUT2D eigenvalue weighted by Crippen LogP contribution is 2.67. The molecule has 4 atom stereocenters. The Morgan fingerprint density at radius 2 is 1.92 bits per heavy atom. The van der Waals surface area contributed by atoms with Crippen molar-refractivity contribution in [3.8, 4) is 0 Å². The van der Waals surface area contributed by atoms with Gasteiger partial charge in [-0.05, 0) is 41.7 Å². The number of nitrogens with one attached hydrogen (secondary N) is 1. The Kier molecular flexibility index (Phi) is 2.97. The van der Waals surface area contributed by atoms with Gasteiger partial charge in [-0.25, -0.2) is 4.39 Å². The molecule has 1 saturated heterocycles. The van der Waals surface area contributed by atoms with Crippen molar-refractivity contribution in [2.45, 2.75) is 24.2 Å². The molecule has 1 aliphatic heterocycles. The number of aliphatic carboxylic acids is 1. The van der Waals surface area contributed by atoms with E-state index in [9.17, 15) is 14.3 Å². The van der Waals surface area contributed by atoms with Gasteiger partial charge >= 0.3 is 5.97 Å². The van der Waals surface area contributed by atoms with Crippen LogP contribution < -0.4 is 5.32 Å². The number of hydrogen-bond donors (Lipinski definition) is 2. The van der Waals surface area contributed by atoms with Crippen LogP contribution in [-0.4, -0.2) is 24.2 Å². The molecule has 2 bridgehead atoms. The summed E-state index contributed by atoms with van der Waals surface area (Å²) in [5.41, 5.74) is 2.31. The Morgan fingerprint density at radius 3 is 2.68 bits per heavy atom. The summed E-state index contributed by atoms with van der Waals surface area (Å²) in [6.07, 6.45) is 1.78. The lowest BCUT2D eigenvalue weighted by Crippen LogP contribution is -2.60. The van der Waals surface area contributed by atoms with Crippen LogP contribution in [0, 0.1) is 17.2 Å². The van der Waals surface area contributed by atoms with E-state index in [1.807, 2.05) is 24.3 Å². The average molecular weight is 337 g/mol. The summed E-state index contributed by atoms with van der Waals surface area (Å²) < 4.78 is 13.6. The Balaban J connectivity index is 1.84. The first kappa shape index (κ1) is 15.1. The minimum atomic E-state index is -0.777. The third kappa shape index (κ3) is 1.66. The molecule has 0 radical (unpaired) electrons. The summed E-state index contributed by atoms with van der Waals surface area (Å²) in [5, 5.41) is 13.6. The standard InChI is InChI=1S/C21H20FNO2/c22-14-7-5-13(6-8-14)20-10-9-17(15-3-1-2-4-16(15)20)21(19(24)25)12-23-11-18(20)21/h1-8,17-18,23H,9-12H2,(H,24,25). The lowest BCUT2D eigenvalue weighted by molar-refractivity contribution is -0.157. The van der Waals surface area contributed by atoms with Gasteiger partial charge in [0, 0.05) is 30.3 Å². The summed E-state index contributed by atoms with van der Waals surface area (Å²) >= 11 is 0. The molecule has 6 rings (SSSR count). The number of carboxylic acid groups (broad SMARTS) is 1. The van der Waals surface area contributed by atoms with E-state index in [4.69, 9.17) is 0 Å². The van der Waals surface area contributed by atoms with Gasteiger partial charge in [0.25, 0.3) is 0 Å². The Labute approximate surface area is 145 Å². The van der Waals surface area contributed by atoms with Crippen molar-refractivity contribution in [3.63, 3.8) is 0 Å². The molecule has 1 heterocycles. The number of rotatable bonds is 2. The largest absolute Gasteiger partial charge is 0.481 e. The predicted octanol–water partition coefficient (Wildman–Crippen LogP) is 3.29. The Bertz CT molecular complexity index is 864. The zero-order valence-electron chi connectivity index (χ0n) is 13.8. The number of benzene rings is 2. The predicted molar refractivity (Wildman–Crippen MR) is 92.0 cm³/mol. The molecule has 3 nitrogen and oxygen atoms in total. The van der Waals surface area contributed by atoms with Gasteiger partial charge in [-0.15, -0.1) is 0 Å². The second-order valence-electron chi connectivity index (χ2n) is 7.69. The molecule has 2 aromatic rings. The van der Waals surface area contributed by atoms with E-state index in [0.717, 1.165) is 18.4 Å². The molecule has 2 N–H and O–H groups in total. The zero-order chi connectivity index (χ0) is 17.2. The first-order chi connectivity index (χ1) is 12.1. The van der Waals surface area contributed by atoms with Crippen molar-refractivity contribution >= 4 is 5.97 Å². The highest BCUT2D eigenvalue weighted by atomic mass is 19.1. The van der Waals surface area contributed by atoms with Gasteiger partial charge in [0.2, 0.25) is 0 Å². The fraction of sp³-hybridized carbons (Fsp3) is 0.381. The number of halogens is 1. The molecule has 1 saturated carbocycles. The molecule has 4 aliphatic rings. The van der Waals surface area contributed by atoms with E-state index in [-0.39, 0.29) is 23.1 Å². The second kappa shape index (κ2) is 4.92. The molecule has 4 unspecified atom stereocenters. The quantitative estimate of drug-likeness (QED) is 0.884. The molecule has 0 spiro atoms. The molecule has 0 amide bonds. The Hall–Kier alpha value is -2.20. The van der Waals surface area contributed by atoms with Crippen LogP contribution in [0.2, 0.25) is 0 Å². The number of carboxylic acids is 1. The highest BCUT2D eigenvalue weighted by Gasteiger charge is 2.68. The third-order valence-corrected chi connectivity index (χ3v) is 7.01. The van der Waals surface area contributed by atoms with Crippen LogP contribution in [-0.2, 0) is 10.2 Å². The van der Waals surface area contributed by atoms with Gasteiger partial charge in [-0.2, -0.15) is 0 Å². The van der Waals surface area contributed by atoms with Gasteiger partial charge in [0.15, 0.2) is 0 Å². The Morgan fingerprint density at radius 1 is 1.16 bits per heavy atom. The summed E-state index contributed by atoms with van der Waals surface area (Å²) in [7, 11) is 0. The first-order valence-electron chi connectivity index (χ1n) is 8.90. The maximum absolute atomic E-state index is 13.6. The van der Waals surface area contributed by atoms with Gasteiger partial charge in [0.05, 0.1) is 5.41 Å². The summed E-state index contributed by atoms with van der Waals surface area (Å²) in [6.45, 7) is 1.20. The van der Waals surface area contributed by atoms with Crippen molar-refractivity contribution in [2.75, 3.05) is 13.1 Å². The van der Waals surface area contributed by atoms with Crippen molar-refractivity contribution in [1.82, 2.24) is 5.32 Å². The molecule has 25 heavy (non-hydrogen) atoms. The average Bonchev–Trinajstić information content (AvgIpc) is 3.11. The van der Waals surface area contributed by atoms with E-state index in [1.54, 1.807) is 0 Å². The first-order valence-corrected chi connectivity index (χ1v) is 8.90. The van der Waals surface area contributed by atoms with Crippen molar-refractivity contribution in [2.24, 2.45) is 11.3 Å². The van der Waals surface area contributed by atoms with Crippen LogP contribution >= 0.6 is 0 Å². The van der Waals surface area contributed by atoms with E-state index in [0.29, 0.717) is 13.1 Å². The number of carbonyl (C=O) groups is 1. The van der Waals surface area contributed by atoms with Gasteiger partial charge in [-0.1, -0.05) is 36.4 Å². The third-order valence-electron chi connectivity index (χ3n) is 7.01. The molecule has 3 aliphatic carbocycles. The van der Waals surface area contributed by atoms with Gasteiger partial charge in [-0.3, -0.25) is 4.79 Å². The fourth-order valence-electron chi connectivity index (χ4n) is 6.10. The highest BCUT2D eigenvalue weighted by molar-refractivity contribution is 5.80. The minimum Gasteiger partial charge on any atom is -0.481 e. The summed E-state index contributed by atoms with van der Waals surface area (Å²) in [6, 6.07) is 15.0. The lowest BCUT2D eigenvalue weighted by atomic mass is 9.42. The second-order valence-corrected chi connectivity index (χ2v) is 7.69. The van der Waals surface area contributed by atoms with Crippen LogP contribution in [0.5, 0.6) is 0 Å². The SMILES string of the molecule is O=C(O)C12CNCC1C1(c3ccc(F)cc3)CCC2c2ccccc21. The number of hydrogen-bond acceptors (Lipinski definition) is 2. The van der Waals surface area contributed by atoms with E-state index in [2.05, 4.69) is 17.4 Å². The molecule has 0 aromatic heterocycles. The molecule has 4 heteroatoms. The maximum Gasteiger partial charge on any atom is 0.311 e. The van der Waals surface area contributed by atoms with Gasteiger partial charge in [0.1, 0.15) is 5.82 Å². The number of fused-ring (bicyclic) bond motifs is 1. The normalized spacial score (nSPS) is 35.2. The molecular formula is C21H20FNO2.